The number of carbonyl (C=O) groups is 2. The predicted molar refractivity (Wildman–Crippen MR) is 113 cm³/mol. The molecular weight excluding hydrogens is 332 g/mol. The van der Waals surface area contributed by atoms with Gasteiger partial charge in [-0.15, -0.1) is 0 Å². The van der Waals surface area contributed by atoms with Crippen molar-refractivity contribution in [3.8, 4) is 0 Å². The summed E-state index contributed by atoms with van der Waals surface area (Å²) in [4.78, 5) is 23.6. The third-order valence-electron chi connectivity index (χ3n) is 6.27. The normalized spacial score (nSPS) is 19.8. The Morgan fingerprint density at radius 1 is 0.852 bits per heavy atom. The van der Waals surface area contributed by atoms with Crippen molar-refractivity contribution in [2.45, 2.75) is 103 Å². The maximum Gasteiger partial charge on any atom is 0.170 e. The third kappa shape index (κ3) is 7.60. The van der Waals surface area contributed by atoms with Crippen LogP contribution in [-0.4, -0.2) is 11.6 Å². The van der Waals surface area contributed by atoms with Crippen LogP contribution in [0.25, 0.3) is 0 Å². The lowest BCUT2D eigenvalue weighted by Crippen LogP contribution is -2.13. The smallest absolute Gasteiger partial charge is 0.170 e. The zero-order valence-electron chi connectivity index (χ0n) is 17.5. The third-order valence-corrected chi connectivity index (χ3v) is 6.27. The van der Waals surface area contributed by atoms with Crippen LogP contribution in [0.3, 0.4) is 0 Å². The highest BCUT2D eigenvalue weighted by molar-refractivity contribution is 6.07. The van der Waals surface area contributed by atoms with E-state index in [1.807, 2.05) is 19.1 Å². The quantitative estimate of drug-likeness (QED) is 0.220. The van der Waals surface area contributed by atoms with Crippen LogP contribution in [0.1, 0.15) is 119 Å². The number of hydrogen-bond acceptors (Lipinski definition) is 2. The second-order valence-corrected chi connectivity index (χ2v) is 8.39. The molecule has 2 heteroatoms. The van der Waals surface area contributed by atoms with Crippen LogP contribution in [0.15, 0.2) is 24.3 Å². The average molecular weight is 371 g/mol. The maximum atomic E-state index is 12.1. The lowest BCUT2D eigenvalue weighted by atomic mass is 9.77. The van der Waals surface area contributed by atoms with E-state index in [2.05, 4.69) is 19.1 Å². The van der Waals surface area contributed by atoms with Gasteiger partial charge in [-0.2, -0.15) is 0 Å². The molecule has 1 aliphatic carbocycles. The van der Waals surface area contributed by atoms with Crippen molar-refractivity contribution in [2.75, 3.05) is 0 Å². The summed E-state index contributed by atoms with van der Waals surface area (Å²) in [6.45, 7) is 4.08. The summed E-state index contributed by atoms with van der Waals surface area (Å²) in [7, 11) is 0. The highest BCUT2D eigenvalue weighted by Gasteiger charge is 2.22. The van der Waals surface area contributed by atoms with E-state index in [-0.39, 0.29) is 18.0 Å². The standard InChI is InChI=1S/C25H38O2/c1-3-5-6-7-8-9-10-20-11-13-21(14-12-20)22-15-17-23(18-16-22)25(27)19-24(26)4-2/h15-18,20-21H,3-14,19H2,1-2H3. The number of rotatable bonds is 12. The van der Waals surface area contributed by atoms with Crippen molar-refractivity contribution in [3.63, 3.8) is 0 Å². The molecule has 1 saturated carbocycles. The largest absolute Gasteiger partial charge is 0.299 e. The van der Waals surface area contributed by atoms with E-state index in [1.54, 1.807) is 0 Å². The molecule has 0 aliphatic heterocycles. The highest BCUT2D eigenvalue weighted by atomic mass is 16.1. The number of carbonyl (C=O) groups excluding carboxylic acids is 2. The first-order chi connectivity index (χ1) is 13.1. The monoisotopic (exact) mass is 370 g/mol. The average Bonchev–Trinajstić information content (AvgIpc) is 2.71. The Balaban J connectivity index is 1.71. The Labute approximate surface area is 166 Å². The summed E-state index contributed by atoms with van der Waals surface area (Å²) in [6, 6.07) is 8.07. The van der Waals surface area contributed by atoms with Gasteiger partial charge >= 0.3 is 0 Å². The zero-order chi connectivity index (χ0) is 19.5. The van der Waals surface area contributed by atoms with Gasteiger partial charge in [0.1, 0.15) is 5.78 Å². The first-order valence-electron chi connectivity index (χ1n) is 11.3. The molecule has 1 fully saturated rings. The second-order valence-electron chi connectivity index (χ2n) is 8.39. The van der Waals surface area contributed by atoms with Gasteiger partial charge in [0, 0.05) is 12.0 Å². The molecule has 0 heterocycles. The maximum absolute atomic E-state index is 12.1. The molecular formula is C25H38O2. The van der Waals surface area contributed by atoms with Gasteiger partial charge in [-0.1, -0.05) is 83.1 Å². The van der Waals surface area contributed by atoms with E-state index < -0.39 is 0 Å². The Hall–Kier alpha value is -1.44. The number of hydrogen-bond donors (Lipinski definition) is 0. The second kappa shape index (κ2) is 12.1. The minimum atomic E-state index is -0.0453. The van der Waals surface area contributed by atoms with Gasteiger partial charge in [0.15, 0.2) is 5.78 Å². The summed E-state index contributed by atoms with van der Waals surface area (Å²) in [5.41, 5.74) is 2.05. The van der Waals surface area contributed by atoms with Gasteiger partial charge in [-0.3, -0.25) is 9.59 Å². The first-order valence-corrected chi connectivity index (χ1v) is 11.3. The molecule has 1 aromatic rings. The summed E-state index contributed by atoms with van der Waals surface area (Å²) in [5.74, 6) is 1.55. The van der Waals surface area contributed by atoms with Crippen molar-refractivity contribution in [1.82, 2.24) is 0 Å². The minimum Gasteiger partial charge on any atom is -0.299 e. The Morgan fingerprint density at radius 3 is 2.11 bits per heavy atom. The summed E-state index contributed by atoms with van der Waals surface area (Å²) >= 11 is 0. The van der Waals surface area contributed by atoms with Gasteiger partial charge < -0.3 is 0 Å². The molecule has 0 aromatic heterocycles. The van der Waals surface area contributed by atoms with Crippen LogP contribution in [0.4, 0.5) is 0 Å². The van der Waals surface area contributed by atoms with Crippen molar-refractivity contribution < 1.29 is 9.59 Å². The fraction of sp³-hybridized carbons (Fsp3) is 0.680. The first kappa shape index (κ1) is 21.9. The molecule has 150 valence electrons. The van der Waals surface area contributed by atoms with Crippen LogP contribution < -0.4 is 0 Å². The lowest BCUT2D eigenvalue weighted by Gasteiger charge is -2.29. The fourth-order valence-corrected chi connectivity index (χ4v) is 4.35. The van der Waals surface area contributed by atoms with Crippen molar-refractivity contribution >= 4 is 11.6 Å². The van der Waals surface area contributed by atoms with E-state index >= 15 is 0 Å². The number of Topliss-reactive ketones (excluding diaryl/α,β-unsaturated/α-hetero) is 2. The summed E-state index contributed by atoms with van der Waals surface area (Å²) in [5, 5.41) is 0. The zero-order valence-corrected chi connectivity index (χ0v) is 17.5. The molecule has 27 heavy (non-hydrogen) atoms. The molecule has 0 bridgehead atoms. The molecule has 0 amide bonds. The molecule has 0 N–H and O–H groups in total. The van der Waals surface area contributed by atoms with Gasteiger partial charge in [0.2, 0.25) is 0 Å². The van der Waals surface area contributed by atoms with Gasteiger partial charge in [0.05, 0.1) is 6.42 Å². The van der Waals surface area contributed by atoms with E-state index in [0.29, 0.717) is 17.9 Å². The number of unbranched alkanes of at least 4 members (excludes halogenated alkanes) is 5. The van der Waals surface area contributed by atoms with Crippen molar-refractivity contribution in [3.05, 3.63) is 35.4 Å². The van der Waals surface area contributed by atoms with E-state index in [1.165, 1.54) is 76.2 Å². The van der Waals surface area contributed by atoms with Crippen molar-refractivity contribution in [2.24, 2.45) is 5.92 Å². The van der Waals surface area contributed by atoms with E-state index in [4.69, 9.17) is 0 Å². The van der Waals surface area contributed by atoms with E-state index in [0.717, 1.165) is 5.92 Å². The fourth-order valence-electron chi connectivity index (χ4n) is 4.35. The van der Waals surface area contributed by atoms with Crippen LogP contribution in [0.5, 0.6) is 0 Å². The van der Waals surface area contributed by atoms with E-state index in [9.17, 15) is 9.59 Å². The molecule has 0 radical (unpaired) electrons. The van der Waals surface area contributed by atoms with Crippen LogP contribution in [-0.2, 0) is 4.79 Å². The molecule has 0 spiro atoms. The Bertz CT molecular complexity index is 564. The van der Waals surface area contributed by atoms with Crippen LogP contribution in [0, 0.1) is 5.92 Å². The number of benzene rings is 1. The van der Waals surface area contributed by atoms with Crippen molar-refractivity contribution in [1.29, 1.82) is 0 Å². The summed E-state index contributed by atoms with van der Waals surface area (Å²) in [6.07, 6.45) is 15.5. The Morgan fingerprint density at radius 2 is 1.48 bits per heavy atom. The number of ketones is 2. The topological polar surface area (TPSA) is 34.1 Å². The van der Waals surface area contributed by atoms with Crippen LogP contribution >= 0.6 is 0 Å². The molecule has 2 nitrogen and oxygen atoms in total. The SMILES string of the molecule is CCCCCCCCC1CCC(c2ccc(C(=O)CC(=O)CC)cc2)CC1. The van der Waals surface area contributed by atoms with Gasteiger partial charge in [0.25, 0.3) is 0 Å². The molecule has 0 unspecified atom stereocenters. The molecule has 1 aliphatic rings. The molecule has 1 aromatic carbocycles. The van der Waals surface area contributed by atoms with Crippen LogP contribution in [0.2, 0.25) is 0 Å². The molecule has 2 rings (SSSR count). The minimum absolute atomic E-state index is 0.0211. The summed E-state index contributed by atoms with van der Waals surface area (Å²) < 4.78 is 0. The predicted octanol–water partition coefficient (Wildman–Crippen LogP) is 7.26. The molecule has 0 atom stereocenters. The Kier molecular flexibility index (Phi) is 9.80. The van der Waals surface area contributed by atoms with Gasteiger partial charge in [-0.05, 0) is 43.1 Å². The lowest BCUT2D eigenvalue weighted by molar-refractivity contribution is -0.117. The highest BCUT2D eigenvalue weighted by Crippen LogP contribution is 2.37. The van der Waals surface area contributed by atoms with Gasteiger partial charge in [-0.25, -0.2) is 0 Å². The molecule has 0 saturated heterocycles.